The first-order valence-corrected chi connectivity index (χ1v) is 8.36. The van der Waals surface area contributed by atoms with E-state index in [0.717, 1.165) is 56.7 Å². The number of hydrogen-bond donors (Lipinski definition) is 1. The van der Waals surface area contributed by atoms with Crippen LogP contribution in [0.15, 0.2) is 29.3 Å². The summed E-state index contributed by atoms with van der Waals surface area (Å²) in [6, 6.07) is 7.93. The molecule has 0 atom stereocenters. The Morgan fingerprint density at radius 2 is 2.09 bits per heavy atom. The third-order valence-electron chi connectivity index (χ3n) is 3.17. The van der Waals surface area contributed by atoms with Crippen LogP contribution in [-0.4, -0.2) is 44.2 Å². The van der Waals surface area contributed by atoms with Crippen LogP contribution >= 0.6 is 35.6 Å². The van der Waals surface area contributed by atoms with E-state index >= 15 is 0 Å². The Hall–Kier alpha value is -0.530. The maximum Gasteiger partial charge on any atom is 0.193 e. The summed E-state index contributed by atoms with van der Waals surface area (Å²) in [6.45, 7) is 8.16. The summed E-state index contributed by atoms with van der Waals surface area (Å²) in [7, 11) is 2.04. The van der Waals surface area contributed by atoms with Crippen molar-refractivity contribution in [2.75, 3.05) is 33.4 Å². The Bertz CT molecular complexity index is 457. The second-order valence-corrected chi connectivity index (χ2v) is 5.56. The highest BCUT2D eigenvalue weighted by atomic mass is 127. The second-order valence-electron chi connectivity index (χ2n) is 5.13. The Morgan fingerprint density at radius 3 is 2.74 bits per heavy atom. The molecule has 0 aromatic heterocycles. The lowest BCUT2D eigenvalue weighted by Crippen LogP contribution is -2.38. The van der Waals surface area contributed by atoms with Crippen molar-refractivity contribution < 1.29 is 4.74 Å². The summed E-state index contributed by atoms with van der Waals surface area (Å²) in [6.07, 6.45) is 2.09. The number of halogens is 2. The van der Waals surface area contributed by atoms with Gasteiger partial charge in [0, 0.05) is 44.9 Å². The third-order valence-corrected chi connectivity index (χ3v) is 3.40. The Balaban J connectivity index is 0.00000484. The standard InChI is InChI=1S/C17H28ClN3O.HI/c1-4-19-17(20-11-6-7-12-22-5-2)21(3)14-15-9-8-10-16(18)13-15;/h8-10,13H,4-7,11-12,14H2,1-3H3,(H,19,20);1H. The summed E-state index contributed by atoms with van der Waals surface area (Å²) in [5.41, 5.74) is 1.18. The summed E-state index contributed by atoms with van der Waals surface area (Å²) >= 11 is 6.04. The van der Waals surface area contributed by atoms with Crippen LogP contribution in [0.25, 0.3) is 0 Å². The molecule has 0 spiro atoms. The molecule has 0 saturated carbocycles. The van der Waals surface area contributed by atoms with Crippen molar-refractivity contribution in [3.63, 3.8) is 0 Å². The predicted molar refractivity (Wildman–Crippen MR) is 110 cm³/mol. The number of nitrogens with zero attached hydrogens (tertiary/aromatic N) is 2. The zero-order valence-corrected chi connectivity index (χ0v) is 17.4. The van der Waals surface area contributed by atoms with Gasteiger partial charge in [-0.25, -0.2) is 0 Å². The molecule has 0 bridgehead atoms. The Kier molecular flexibility index (Phi) is 13.5. The number of unbranched alkanes of at least 4 members (excludes halogenated alkanes) is 1. The molecule has 4 nitrogen and oxygen atoms in total. The zero-order chi connectivity index (χ0) is 16.2. The van der Waals surface area contributed by atoms with Gasteiger partial charge in [-0.2, -0.15) is 0 Å². The fourth-order valence-corrected chi connectivity index (χ4v) is 2.31. The van der Waals surface area contributed by atoms with E-state index < -0.39 is 0 Å². The molecule has 0 aliphatic rings. The van der Waals surface area contributed by atoms with Crippen molar-refractivity contribution in [2.45, 2.75) is 33.2 Å². The first-order valence-electron chi connectivity index (χ1n) is 7.99. The van der Waals surface area contributed by atoms with Gasteiger partial charge in [0.25, 0.3) is 0 Å². The van der Waals surface area contributed by atoms with Crippen LogP contribution in [0.3, 0.4) is 0 Å². The van der Waals surface area contributed by atoms with E-state index in [-0.39, 0.29) is 24.0 Å². The maximum absolute atomic E-state index is 6.04. The molecule has 0 radical (unpaired) electrons. The maximum atomic E-state index is 6.04. The smallest absolute Gasteiger partial charge is 0.193 e. The van der Waals surface area contributed by atoms with Crippen LogP contribution in [-0.2, 0) is 11.3 Å². The molecule has 0 unspecified atom stereocenters. The molecule has 0 amide bonds. The van der Waals surface area contributed by atoms with E-state index in [2.05, 4.69) is 28.2 Å². The van der Waals surface area contributed by atoms with E-state index in [4.69, 9.17) is 16.3 Å². The second kappa shape index (κ2) is 13.9. The molecule has 0 saturated heterocycles. The number of ether oxygens (including phenoxy) is 1. The van der Waals surface area contributed by atoms with Crippen LogP contribution in [0.2, 0.25) is 5.02 Å². The minimum atomic E-state index is 0. The zero-order valence-electron chi connectivity index (χ0n) is 14.3. The van der Waals surface area contributed by atoms with Gasteiger partial charge in [0.15, 0.2) is 5.96 Å². The minimum absolute atomic E-state index is 0. The third kappa shape index (κ3) is 10.0. The molecule has 132 valence electrons. The molecule has 0 aliphatic carbocycles. The topological polar surface area (TPSA) is 36.9 Å². The lowest BCUT2D eigenvalue weighted by molar-refractivity contribution is 0.144. The van der Waals surface area contributed by atoms with E-state index in [0.29, 0.717) is 0 Å². The molecule has 6 heteroatoms. The van der Waals surface area contributed by atoms with Gasteiger partial charge in [-0.15, -0.1) is 24.0 Å². The molecule has 1 aromatic carbocycles. The molecule has 0 fully saturated rings. The molecule has 0 heterocycles. The van der Waals surface area contributed by atoms with Crippen molar-refractivity contribution in [2.24, 2.45) is 4.99 Å². The van der Waals surface area contributed by atoms with Gasteiger partial charge in [0.1, 0.15) is 0 Å². The number of guanidine groups is 1. The average molecular weight is 454 g/mol. The van der Waals surface area contributed by atoms with E-state index in [1.807, 2.05) is 32.2 Å². The SMILES string of the molecule is CCNC(=NCCCCOCC)N(C)Cc1cccc(Cl)c1.I. The number of hydrogen-bond acceptors (Lipinski definition) is 2. The van der Waals surface area contributed by atoms with Crippen LogP contribution in [0.5, 0.6) is 0 Å². The largest absolute Gasteiger partial charge is 0.382 e. The highest BCUT2D eigenvalue weighted by Crippen LogP contribution is 2.12. The quantitative estimate of drug-likeness (QED) is 0.264. The van der Waals surface area contributed by atoms with Crippen LogP contribution < -0.4 is 5.32 Å². The molecule has 23 heavy (non-hydrogen) atoms. The van der Waals surface area contributed by atoms with Gasteiger partial charge in [0.05, 0.1) is 0 Å². The van der Waals surface area contributed by atoms with Gasteiger partial charge < -0.3 is 15.0 Å². The van der Waals surface area contributed by atoms with Crippen molar-refractivity contribution in [1.82, 2.24) is 10.2 Å². The van der Waals surface area contributed by atoms with E-state index in [1.165, 1.54) is 5.56 Å². The van der Waals surface area contributed by atoms with Crippen molar-refractivity contribution in [3.05, 3.63) is 34.9 Å². The van der Waals surface area contributed by atoms with Gasteiger partial charge >= 0.3 is 0 Å². The van der Waals surface area contributed by atoms with Crippen molar-refractivity contribution in [1.29, 1.82) is 0 Å². The number of rotatable bonds is 9. The Morgan fingerprint density at radius 1 is 1.30 bits per heavy atom. The lowest BCUT2D eigenvalue weighted by Gasteiger charge is -2.22. The Labute approximate surface area is 162 Å². The predicted octanol–water partition coefficient (Wildman–Crippen LogP) is 4.17. The normalized spacial score (nSPS) is 11.0. The molecule has 1 N–H and O–H groups in total. The van der Waals surface area contributed by atoms with Crippen LogP contribution in [0.4, 0.5) is 0 Å². The minimum Gasteiger partial charge on any atom is -0.382 e. The van der Waals surface area contributed by atoms with Gasteiger partial charge in [-0.05, 0) is 44.4 Å². The summed E-state index contributed by atoms with van der Waals surface area (Å²) in [5, 5.41) is 4.10. The number of benzene rings is 1. The van der Waals surface area contributed by atoms with Crippen LogP contribution in [0, 0.1) is 0 Å². The summed E-state index contributed by atoms with van der Waals surface area (Å²) < 4.78 is 5.34. The van der Waals surface area contributed by atoms with Crippen LogP contribution in [0.1, 0.15) is 32.3 Å². The lowest BCUT2D eigenvalue weighted by atomic mass is 10.2. The fraction of sp³-hybridized carbons (Fsp3) is 0.588. The van der Waals surface area contributed by atoms with Crippen molar-refractivity contribution >= 4 is 41.5 Å². The first kappa shape index (κ1) is 22.5. The molecular formula is C17H29ClIN3O. The number of aliphatic imine (C=N–C) groups is 1. The molecule has 0 aliphatic heterocycles. The average Bonchev–Trinajstić information content (AvgIpc) is 2.49. The molecule has 1 rings (SSSR count). The highest BCUT2D eigenvalue weighted by molar-refractivity contribution is 14.0. The monoisotopic (exact) mass is 453 g/mol. The summed E-state index contributed by atoms with van der Waals surface area (Å²) in [4.78, 5) is 6.80. The van der Waals surface area contributed by atoms with E-state index in [9.17, 15) is 0 Å². The number of nitrogens with one attached hydrogen (secondary N) is 1. The van der Waals surface area contributed by atoms with Gasteiger partial charge in [0.2, 0.25) is 0 Å². The molecular weight excluding hydrogens is 425 g/mol. The van der Waals surface area contributed by atoms with Gasteiger partial charge in [-0.1, -0.05) is 23.7 Å². The highest BCUT2D eigenvalue weighted by Gasteiger charge is 2.06. The van der Waals surface area contributed by atoms with Crippen molar-refractivity contribution in [3.8, 4) is 0 Å². The summed E-state index contributed by atoms with van der Waals surface area (Å²) in [5.74, 6) is 0.930. The fourth-order valence-electron chi connectivity index (χ4n) is 2.10. The van der Waals surface area contributed by atoms with E-state index in [1.54, 1.807) is 0 Å². The molecule has 1 aromatic rings. The first-order chi connectivity index (χ1) is 10.7. The van der Waals surface area contributed by atoms with Gasteiger partial charge in [-0.3, -0.25) is 4.99 Å².